The molecule has 0 aliphatic heterocycles. The van der Waals surface area contributed by atoms with Gasteiger partial charge in [0, 0.05) is 11.8 Å². The normalized spacial score (nSPS) is 17.9. The van der Waals surface area contributed by atoms with E-state index in [1.54, 1.807) is 18.2 Å². The minimum absolute atomic E-state index is 0.0297. The van der Waals surface area contributed by atoms with Gasteiger partial charge in [-0.15, -0.1) is 0 Å². The van der Waals surface area contributed by atoms with E-state index >= 15 is 0 Å². The maximum atomic E-state index is 9.60. The van der Waals surface area contributed by atoms with Gasteiger partial charge in [0.05, 0.1) is 13.2 Å². The quantitative estimate of drug-likeness (QED) is 0.329. The van der Waals surface area contributed by atoms with Gasteiger partial charge in [0.2, 0.25) is 0 Å². The Balaban J connectivity index is 2.54. The summed E-state index contributed by atoms with van der Waals surface area (Å²) in [5, 5.41) is 55.8. The predicted molar refractivity (Wildman–Crippen MR) is 71.7 cm³/mol. The van der Waals surface area contributed by atoms with Gasteiger partial charge in [0.25, 0.3) is 0 Å². The summed E-state index contributed by atoms with van der Waals surface area (Å²) in [5.41, 5.74) is 0.449. The molecule has 0 amide bonds. The van der Waals surface area contributed by atoms with Gasteiger partial charge in [-0.05, 0) is 12.1 Å². The van der Waals surface area contributed by atoms with E-state index in [-0.39, 0.29) is 12.3 Å². The van der Waals surface area contributed by atoms with Gasteiger partial charge >= 0.3 is 0 Å². The highest BCUT2D eigenvalue weighted by Gasteiger charge is 2.29. The van der Waals surface area contributed by atoms with Gasteiger partial charge in [-0.2, -0.15) is 0 Å². The number of phenolic OH excluding ortho intramolecular Hbond substituents is 1. The Morgan fingerprint density at radius 1 is 1.00 bits per heavy atom. The van der Waals surface area contributed by atoms with Crippen LogP contribution in [0.5, 0.6) is 5.75 Å². The van der Waals surface area contributed by atoms with Crippen LogP contribution in [0.25, 0.3) is 0 Å². The molecule has 0 spiro atoms. The highest BCUT2D eigenvalue weighted by atomic mass is 16.4. The van der Waals surface area contributed by atoms with Crippen LogP contribution in [0.1, 0.15) is 5.56 Å². The van der Waals surface area contributed by atoms with Gasteiger partial charge < -0.3 is 30.6 Å². The Morgan fingerprint density at radius 3 is 2.20 bits per heavy atom. The largest absolute Gasteiger partial charge is 0.507 e. The Hall–Kier alpha value is -1.51. The molecule has 0 aliphatic carbocycles. The summed E-state index contributed by atoms with van der Waals surface area (Å²) in [4.78, 5) is 3.84. The van der Waals surface area contributed by atoms with Crippen molar-refractivity contribution in [2.24, 2.45) is 4.99 Å². The summed E-state index contributed by atoms with van der Waals surface area (Å²) >= 11 is 0. The van der Waals surface area contributed by atoms with Crippen molar-refractivity contribution in [3.63, 3.8) is 0 Å². The number of benzene rings is 1. The average molecular weight is 285 g/mol. The van der Waals surface area contributed by atoms with Crippen LogP contribution in [0, 0.1) is 0 Å². The van der Waals surface area contributed by atoms with Crippen LogP contribution in [0.4, 0.5) is 0 Å². The molecule has 0 aliphatic rings. The molecule has 0 bridgehead atoms. The highest BCUT2D eigenvalue weighted by Crippen LogP contribution is 2.13. The van der Waals surface area contributed by atoms with E-state index in [2.05, 4.69) is 4.99 Å². The van der Waals surface area contributed by atoms with E-state index in [0.29, 0.717) is 5.56 Å². The number of aromatic hydroxyl groups is 1. The molecule has 1 aromatic carbocycles. The molecule has 1 aromatic rings. The van der Waals surface area contributed by atoms with E-state index in [1.807, 2.05) is 0 Å². The molecular formula is C13H19NO6. The lowest BCUT2D eigenvalue weighted by Crippen LogP contribution is -2.46. The lowest BCUT2D eigenvalue weighted by molar-refractivity contribution is -0.112. The number of phenols is 1. The second kappa shape index (κ2) is 7.93. The molecule has 7 heteroatoms. The number of nitrogens with zero attached hydrogens (tertiary/aromatic N) is 1. The van der Waals surface area contributed by atoms with E-state index in [9.17, 15) is 20.4 Å². The van der Waals surface area contributed by atoms with Crippen molar-refractivity contribution in [2.45, 2.75) is 24.4 Å². The summed E-state index contributed by atoms with van der Waals surface area (Å²) in [6.45, 7) is -0.961. The van der Waals surface area contributed by atoms with Crippen LogP contribution in [0.15, 0.2) is 29.3 Å². The Morgan fingerprint density at radius 2 is 1.60 bits per heavy atom. The first-order chi connectivity index (χ1) is 9.47. The summed E-state index contributed by atoms with van der Waals surface area (Å²) in [7, 11) is 0. The molecule has 0 saturated heterocycles. The summed E-state index contributed by atoms with van der Waals surface area (Å²) in [5.74, 6) is 0.0297. The monoisotopic (exact) mass is 285 g/mol. The zero-order chi connectivity index (χ0) is 15.1. The first kappa shape index (κ1) is 16.5. The van der Waals surface area contributed by atoms with Gasteiger partial charge in [0.1, 0.15) is 30.2 Å². The molecule has 4 atom stereocenters. The topological polar surface area (TPSA) is 134 Å². The zero-order valence-corrected chi connectivity index (χ0v) is 10.7. The standard InChI is InChI=1S/C13H19NO6/c15-7-11(18)13(20)12(19)10(17)6-14-5-8-3-1-2-4-9(8)16/h1-5,10-13,15-20H,6-7H2/t10-,11+,12+,13+/m0/s1. The molecular weight excluding hydrogens is 266 g/mol. The maximum absolute atomic E-state index is 9.60. The van der Waals surface area contributed by atoms with Gasteiger partial charge in [-0.25, -0.2) is 0 Å². The molecule has 20 heavy (non-hydrogen) atoms. The molecule has 7 nitrogen and oxygen atoms in total. The van der Waals surface area contributed by atoms with E-state index in [1.165, 1.54) is 12.3 Å². The van der Waals surface area contributed by atoms with Gasteiger partial charge in [-0.3, -0.25) is 4.99 Å². The second-order valence-electron chi connectivity index (χ2n) is 4.35. The third kappa shape index (κ3) is 4.55. The van der Waals surface area contributed by atoms with Crippen LogP contribution >= 0.6 is 0 Å². The Bertz CT molecular complexity index is 439. The van der Waals surface area contributed by atoms with Crippen LogP contribution < -0.4 is 0 Å². The van der Waals surface area contributed by atoms with Crippen molar-refractivity contribution < 1.29 is 30.6 Å². The molecule has 0 fully saturated rings. The minimum atomic E-state index is -1.67. The number of hydrogen-bond acceptors (Lipinski definition) is 7. The average Bonchev–Trinajstić information content (AvgIpc) is 2.46. The minimum Gasteiger partial charge on any atom is -0.507 e. The molecule has 0 aromatic heterocycles. The van der Waals surface area contributed by atoms with Crippen molar-refractivity contribution >= 4 is 6.21 Å². The number of para-hydroxylation sites is 1. The maximum Gasteiger partial charge on any atom is 0.124 e. The van der Waals surface area contributed by atoms with Crippen molar-refractivity contribution in [1.29, 1.82) is 0 Å². The van der Waals surface area contributed by atoms with Crippen LogP contribution in [-0.2, 0) is 0 Å². The third-order valence-electron chi connectivity index (χ3n) is 2.79. The molecule has 112 valence electrons. The van der Waals surface area contributed by atoms with Crippen LogP contribution in [0.2, 0.25) is 0 Å². The number of aliphatic hydroxyl groups excluding tert-OH is 5. The number of hydrogen-bond donors (Lipinski definition) is 6. The Kier molecular flexibility index (Phi) is 6.56. The zero-order valence-electron chi connectivity index (χ0n) is 10.7. The van der Waals surface area contributed by atoms with E-state index < -0.39 is 31.0 Å². The highest BCUT2D eigenvalue weighted by molar-refractivity contribution is 5.83. The Labute approximate surface area is 116 Å². The lowest BCUT2D eigenvalue weighted by atomic mass is 10.0. The molecule has 1 rings (SSSR count). The first-order valence-electron chi connectivity index (χ1n) is 6.08. The van der Waals surface area contributed by atoms with Gasteiger partial charge in [-0.1, -0.05) is 12.1 Å². The number of aliphatic hydroxyl groups is 5. The predicted octanol–water partition coefficient (Wildman–Crippen LogP) is -1.75. The number of rotatable bonds is 7. The summed E-state index contributed by atoms with van der Waals surface area (Å²) in [6.07, 6.45) is -4.94. The van der Waals surface area contributed by atoms with Gasteiger partial charge in [0.15, 0.2) is 0 Å². The van der Waals surface area contributed by atoms with Crippen molar-refractivity contribution in [2.75, 3.05) is 13.2 Å². The van der Waals surface area contributed by atoms with Crippen LogP contribution in [-0.4, -0.2) is 74.4 Å². The van der Waals surface area contributed by atoms with Crippen molar-refractivity contribution in [3.05, 3.63) is 29.8 Å². The first-order valence-corrected chi connectivity index (χ1v) is 6.08. The fourth-order valence-electron chi connectivity index (χ4n) is 1.53. The lowest BCUT2D eigenvalue weighted by Gasteiger charge is -2.24. The SMILES string of the molecule is OC[C@@H](O)[C@@H](O)[C@H](O)[C@@H](O)CN=Cc1ccccc1O. The number of aliphatic imine (C=N–C) groups is 1. The molecule has 0 saturated carbocycles. The molecule has 0 heterocycles. The summed E-state index contributed by atoms with van der Waals surface area (Å²) in [6, 6.07) is 6.45. The second-order valence-corrected chi connectivity index (χ2v) is 4.35. The molecule has 0 radical (unpaired) electrons. The fraction of sp³-hybridized carbons (Fsp3) is 0.462. The summed E-state index contributed by atoms with van der Waals surface area (Å²) < 4.78 is 0. The van der Waals surface area contributed by atoms with Crippen molar-refractivity contribution in [3.8, 4) is 5.75 Å². The molecule has 6 N–H and O–H groups in total. The smallest absolute Gasteiger partial charge is 0.124 e. The third-order valence-corrected chi connectivity index (χ3v) is 2.79. The van der Waals surface area contributed by atoms with E-state index in [0.717, 1.165) is 0 Å². The molecule has 0 unspecified atom stereocenters. The fourth-order valence-corrected chi connectivity index (χ4v) is 1.53. The van der Waals surface area contributed by atoms with Crippen LogP contribution in [0.3, 0.4) is 0 Å². The van der Waals surface area contributed by atoms with E-state index in [4.69, 9.17) is 10.2 Å². The van der Waals surface area contributed by atoms with Crippen molar-refractivity contribution in [1.82, 2.24) is 0 Å².